The van der Waals surface area contributed by atoms with Crippen molar-refractivity contribution in [2.45, 2.75) is 13.5 Å². The highest BCUT2D eigenvalue weighted by molar-refractivity contribution is 5.96. The Morgan fingerprint density at radius 2 is 1.96 bits per heavy atom. The summed E-state index contributed by atoms with van der Waals surface area (Å²) in [5.74, 6) is -1.09. The summed E-state index contributed by atoms with van der Waals surface area (Å²) in [6, 6.07) is 10.4. The van der Waals surface area contributed by atoms with Gasteiger partial charge in [0.25, 0.3) is 0 Å². The van der Waals surface area contributed by atoms with Crippen molar-refractivity contribution in [2.24, 2.45) is 0 Å². The molecule has 136 valence electrons. The quantitative estimate of drug-likeness (QED) is 0.502. The average Bonchev–Trinajstić information content (AvgIpc) is 3.30. The Hall–Kier alpha value is -3.68. The summed E-state index contributed by atoms with van der Waals surface area (Å²) in [5, 5.41) is 8.35. The van der Waals surface area contributed by atoms with Crippen molar-refractivity contribution in [3.8, 4) is 0 Å². The van der Waals surface area contributed by atoms with Crippen molar-refractivity contribution in [3.05, 3.63) is 65.8 Å². The molecule has 0 aliphatic rings. The van der Waals surface area contributed by atoms with Crippen LogP contribution in [0.15, 0.2) is 53.3 Å². The number of aromatic nitrogens is 3. The van der Waals surface area contributed by atoms with Crippen LogP contribution < -0.4 is 0 Å². The van der Waals surface area contributed by atoms with Crippen LogP contribution in [0.4, 0.5) is 0 Å². The van der Waals surface area contributed by atoms with Crippen molar-refractivity contribution in [3.63, 3.8) is 0 Å². The number of hydrogen-bond acceptors (Lipinski definition) is 7. The number of carbonyl (C=O) groups excluding carboxylic acids is 2. The number of pyridine rings is 1. The molecule has 4 rings (SSSR count). The molecule has 0 spiro atoms. The van der Waals surface area contributed by atoms with Gasteiger partial charge in [0, 0.05) is 11.6 Å². The van der Waals surface area contributed by atoms with Crippen molar-refractivity contribution in [2.75, 3.05) is 6.61 Å². The summed E-state index contributed by atoms with van der Waals surface area (Å²) < 4.78 is 17.7. The average molecular weight is 365 g/mol. The molecule has 0 aliphatic carbocycles. The number of hydrogen-bond donors (Lipinski definition) is 0. The lowest BCUT2D eigenvalue weighted by Crippen LogP contribution is -2.10. The van der Waals surface area contributed by atoms with Gasteiger partial charge in [0.1, 0.15) is 18.5 Å². The number of benzene rings is 1. The van der Waals surface area contributed by atoms with Crippen LogP contribution in [0.5, 0.6) is 0 Å². The highest BCUT2D eigenvalue weighted by atomic mass is 16.5. The predicted molar refractivity (Wildman–Crippen MR) is 94.3 cm³/mol. The molecule has 0 aliphatic heterocycles. The van der Waals surface area contributed by atoms with E-state index in [0.717, 1.165) is 0 Å². The lowest BCUT2D eigenvalue weighted by molar-refractivity contribution is 0.0435. The maximum absolute atomic E-state index is 12.4. The fraction of sp³-hybridized carbons (Fsp3) is 0.158. The van der Waals surface area contributed by atoms with Crippen molar-refractivity contribution < 1.29 is 23.5 Å². The number of rotatable bonds is 5. The summed E-state index contributed by atoms with van der Waals surface area (Å²) >= 11 is 0. The summed E-state index contributed by atoms with van der Waals surface area (Å²) in [6.07, 6.45) is 3.08. The number of para-hydroxylation sites is 1. The number of esters is 2. The molecule has 8 heteroatoms. The molecular formula is C19H15N3O5. The lowest BCUT2D eigenvalue weighted by atomic mass is 10.1. The standard InChI is InChI=1S/C19H15N3O5/c1-2-25-19(24)17-14(13-5-3-4-6-15(13)27-17)10-26-18(23)12-7-8-16-21-20-11-22(16)9-12/h3-9,11H,2,10H2,1H3. The summed E-state index contributed by atoms with van der Waals surface area (Å²) in [5.41, 5.74) is 1.96. The fourth-order valence-electron chi connectivity index (χ4n) is 2.77. The van der Waals surface area contributed by atoms with Gasteiger partial charge in [-0.2, -0.15) is 0 Å². The summed E-state index contributed by atoms with van der Waals surface area (Å²) in [7, 11) is 0. The first-order valence-corrected chi connectivity index (χ1v) is 8.31. The molecule has 3 heterocycles. The number of nitrogens with zero attached hydrogens (tertiary/aromatic N) is 3. The third-order valence-corrected chi connectivity index (χ3v) is 4.03. The molecule has 0 amide bonds. The second kappa shape index (κ2) is 6.91. The molecule has 0 bridgehead atoms. The van der Waals surface area contributed by atoms with E-state index in [1.165, 1.54) is 6.33 Å². The molecule has 0 N–H and O–H groups in total. The van der Waals surface area contributed by atoms with E-state index < -0.39 is 11.9 Å². The van der Waals surface area contributed by atoms with Crippen LogP contribution >= 0.6 is 0 Å². The van der Waals surface area contributed by atoms with Gasteiger partial charge in [-0.3, -0.25) is 4.40 Å². The van der Waals surface area contributed by atoms with Gasteiger partial charge in [-0.25, -0.2) is 9.59 Å². The van der Waals surface area contributed by atoms with Crippen molar-refractivity contribution in [1.29, 1.82) is 0 Å². The third kappa shape index (κ3) is 3.12. The molecule has 0 saturated heterocycles. The SMILES string of the molecule is CCOC(=O)c1oc2ccccc2c1COC(=O)c1ccc2nncn2c1. The molecule has 0 atom stereocenters. The fourth-order valence-corrected chi connectivity index (χ4v) is 2.77. The second-order valence-corrected chi connectivity index (χ2v) is 5.72. The summed E-state index contributed by atoms with van der Waals surface area (Å²) in [6.45, 7) is 1.81. The van der Waals surface area contributed by atoms with E-state index in [9.17, 15) is 9.59 Å². The Labute approximate surface area is 153 Å². The number of ether oxygens (including phenoxy) is 2. The first kappa shape index (κ1) is 16.8. The number of furan rings is 1. The Morgan fingerprint density at radius 1 is 1.11 bits per heavy atom. The highest BCUT2D eigenvalue weighted by Gasteiger charge is 2.23. The van der Waals surface area contributed by atoms with E-state index in [-0.39, 0.29) is 19.0 Å². The van der Waals surface area contributed by atoms with E-state index in [1.54, 1.807) is 47.9 Å². The molecule has 1 aromatic carbocycles. The Bertz CT molecular complexity index is 1140. The van der Waals surface area contributed by atoms with E-state index in [0.29, 0.717) is 27.7 Å². The van der Waals surface area contributed by atoms with E-state index in [1.807, 2.05) is 6.07 Å². The summed E-state index contributed by atoms with van der Waals surface area (Å²) in [4.78, 5) is 24.6. The van der Waals surface area contributed by atoms with Crippen LogP contribution in [-0.2, 0) is 16.1 Å². The van der Waals surface area contributed by atoms with E-state index in [4.69, 9.17) is 13.9 Å². The smallest absolute Gasteiger partial charge is 0.374 e. The minimum absolute atomic E-state index is 0.0418. The molecule has 0 saturated carbocycles. The van der Waals surface area contributed by atoms with Gasteiger partial charge in [-0.15, -0.1) is 10.2 Å². The zero-order chi connectivity index (χ0) is 18.8. The van der Waals surface area contributed by atoms with E-state index >= 15 is 0 Å². The molecule has 0 radical (unpaired) electrons. The molecule has 8 nitrogen and oxygen atoms in total. The van der Waals surface area contributed by atoms with Crippen LogP contribution in [-0.4, -0.2) is 33.1 Å². The third-order valence-electron chi connectivity index (χ3n) is 4.03. The molecular weight excluding hydrogens is 350 g/mol. The highest BCUT2D eigenvalue weighted by Crippen LogP contribution is 2.27. The van der Waals surface area contributed by atoms with Gasteiger partial charge in [0.2, 0.25) is 5.76 Å². The first-order chi connectivity index (χ1) is 13.2. The second-order valence-electron chi connectivity index (χ2n) is 5.72. The van der Waals surface area contributed by atoms with Gasteiger partial charge < -0.3 is 13.9 Å². The van der Waals surface area contributed by atoms with Gasteiger partial charge >= 0.3 is 11.9 Å². The molecule has 0 unspecified atom stereocenters. The van der Waals surface area contributed by atoms with Crippen LogP contribution in [0.1, 0.15) is 33.4 Å². The van der Waals surface area contributed by atoms with Crippen molar-refractivity contribution >= 4 is 28.6 Å². The van der Waals surface area contributed by atoms with Gasteiger partial charge in [-0.1, -0.05) is 18.2 Å². The van der Waals surface area contributed by atoms with Crippen LogP contribution in [0.3, 0.4) is 0 Å². The monoisotopic (exact) mass is 365 g/mol. The van der Waals surface area contributed by atoms with E-state index in [2.05, 4.69) is 10.2 Å². The largest absolute Gasteiger partial charge is 0.460 e. The maximum atomic E-state index is 12.4. The maximum Gasteiger partial charge on any atom is 0.374 e. The lowest BCUT2D eigenvalue weighted by Gasteiger charge is -2.06. The van der Waals surface area contributed by atoms with Crippen LogP contribution in [0, 0.1) is 0 Å². The van der Waals surface area contributed by atoms with Crippen LogP contribution in [0.25, 0.3) is 16.6 Å². The molecule has 0 fully saturated rings. The number of fused-ring (bicyclic) bond motifs is 2. The molecule has 4 aromatic rings. The first-order valence-electron chi connectivity index (χ1n) is 8.31. The Morgan fingerprint density at radius 3 is 2.81 bits per heavy atom. The normalized spacial score (nSPS) is 11.0. The minimum atomic E-state index is -0.592. The van der Waals surface area contributed by atoms with Gasteiger partial charge in [-0.05, 0) is 25.1 Å². The van der Waals surface area contributed by atoms with Gasteiger partial charge in [0.15, 0.2) is 5.65 Å². The number of carbonyl (C=O) groups is 2. The minimum Gasteiger partial charge on any atom is -0.460 e. The Kier molecular flexibility index (Phi) is 4.29. The molecule has 27 heavy (non-hydrogen) atoms. The Balaban J connectivity index is 1.61. The van der Waals surface area contributed by atoms with Gasteiger partial charge in [0.05, 0.1) is 17.7 Å². The zero-order valence-electron chi connectivity index (χ0n) is 14.4. The predicted octanol–water partition coefficient (Wildman–Crippen LogP) is 3.01. The topological polar surface area (TPSA) is 95.9 Å². The van der Waals surface area contributed by atoms with Crippen molar-refractivity contribution in [1.82, 2.24) is 14.6 Å². The van der Waals surface area contributed by atoms with Crippen LogP contribution in [0.2, 0.25) is 0 Å². The molecule has 3 aromatic heterocycles. The zero-order valence-corrected chi connectivity index (χ0v) is 14.4.